The van der Waals surface area contributed by atoms with E-state index in [1.54, 1.807) is 67.6 Å². The van der Waals surface area contributed by atoms with Gasteiger partial charge in [0.15, 0.2) is 0 Å². The van der Waals surface area contributed by atoms with E-state index in [0.717, 1.165) is 15.4 Å². The Hall–Kier alpha value is -4.34. The quantitative estimate of drug-likeness (QED) is 0.206. The van der Waals surface area contributed by atoms with Crippen molar-refractivity contribution in [2.75, 3.05) is 24.5 Å². The maximum absolute atomic E-state index is 14.4. The molecular formula is C34H36ClN3O5S. The minimum absolute atomic E-state index is 0.0102. The predicted octanol–water partition coefficient (Wildman–Crippen LogP) is 5.63. The number of rotatable bonds is 13. The number of carbonyl (C=O) groups is 2. The maximum Gasteiger partial charge on any atom is 0.264 e. The average Bonchev–Trinajstić information content (AvgIpc) is 3.03. The molecule has 0 fully saturated rings. The van der Waals surface area contributed by atoms with E-state index in [0.29, 0.717) is 22.9 Å². The fourth-order valence-electron chi connectivity index (χ4n) is 4.79. The highest BCUT2D eigenvalue weighted by molar-refractivity contribution is 7.92. The summed E-state index contributed by atoms with van der Waals surface area (Å²) >= 11 is 6.52. The number of nitrogens with one attached hydrogen (secondary N) is 1. The molecule has 0 saturated carbocycles. The van der Waals surface area contributed by atoms with Gasteiger partial charge < -0.3 is 15.0 Å². The molecule has 0 heterocycles. The van der Waals surface area contributed by atoms with E-state index in [-0.39, 0.29) is 29.5 Å². The first kappa shape index (κ1) is 32.6. The fourth-order valence-corrected chi connectivity index (χ4v) is 6.39. The van der Waals surface area contributed by atoms with Gasteiger partial charge in [-0.1, -0.05) is 83.9 Å². The zero-order valence-corrected chi connectivity index (χ0v) is 26.5. The first-order chi connectivity index (χ1) is 21.1. The molecule has 1 atom stereocenters. The second-order valence-electron chi connectivity index (χ2n) is 10.2. The molecule has 1 N–H and O–H groups in total. The molecule has 44 heavy (non-hydrogen) atoms. The lowest BCUT2D eigenvalue weighted by Crippen LogP contribution is -2.53. The van der Waals surface area contributed by atoms with Crippen molar-refractivity contribution in [1.82, 2.24) is 10.2 Å². The maximum atomic E-state index is 14.4. The van der Waals surface area contributed by atoms with Crippen LogP contribution in [0.1, 0.15) is 23.6 Å². The molecule has 0 aliphatic heterocycles. The number of sulfonamides is 1. The summed E-state index contributed by atoms with van der Waals surface area (Å²) in [5.74, 6) is -0.502. The fraction of sp³-hybridized carbons (Fsp3) is 0.235. The van der Waals surface area contributed by atoms with Crippen molar-refractivity contribution >= 4 is 39.1 Å². The molecule has 2 amide bonds. The van der Waals surface area contributed by atoms with E-state index in [9.17, 15) is 18.0 Å². The number of benzene rings is 4. The smallest absolute Gasteiger partial charge is 0.264 e. The largest absolute Gasteiger partial charge is 0.497 e. The molecule has 10 heteroatoms. The number of likely N-dealkylation sites (N-methyl/N-ethyl adjacent to an activating group) is 1. The molecule has 4 aromatic rings. The Balaban J connectivity index is 1.82. The summed E-state index contributed by atoms with van der Waals surface area (Å²) in [5, 5.41) is 3.28. The number of carbonyl (C=O) groups excluding carboxylic acids is 2. The van der Waals surface area contributed by atoms with Crippen molar-refractivity contribution in [2.24, 2.45) is 0 Å². The van der Waals surface area contributed by atoms with Gasteiger partial charge in [-0.05, 0) is 55.3 Å². The van der Waals surface area contributed by atoms with Crippen LogP contribution in [0.4, 0.5) is 5.69 Å². The molecular weight excluding hydrogens is 598 g/mol. The second-order valence-corrected chi connectivity index (χ2v) is 12.5. The molecule has 0 aliphatic rings. The topological polar surface area (TPSA) is 96.0 Å². The molecule has 0 unspecified atom stereocenters. The van der Waals surface area contributed by atoms with Crippen LogP contribution in [-0.4, -0.2) is 51.4 Å². The highest BCUT2D eigenvalue weighted by Gasteiger charge is 2.35. The van der Waals surface area contributed by atoms with Crippen molar-refractivity contribution in [3.05, 3.63) is 125 Å². The first-order valence-corrected chi connectivity index (χ1v) is 16.0. The van der Waals surface area contributed by atoms with Gasteiger partial charge in [0, 0.05) is 30.6 Å². The van der Waals surface area contributed by atoms with Crippen molar-refractivity contribution < 1.29 is 22.7 Å². The minimum Gasteiger partial charge on any atom is -0.497 e. The standard InChI is InChI=1S/C34H36ClN3O5S/c1-4-36-34(40)32(21-26-11-6-5-7-12-26)37(23-27-13-8-9-16-31(27)35)33(39)24-38(28-14-10-15-29(22-28)43-3)44(41,42)30-19-17-25(2)18-20-30/h5-20,22,32H,4,21,23-24H2,1-3H3,(H,36,40)/t32-/m1/s1. The van der Waals surface area contributed by atoms with Gasteiger partial charge in [0.1, 0.15) is 18.3 Å². The zero-order chi connectivity index (χ0) is 31.7. The molecule has 0 aliphatic carbocycles. The van der Waals surface area contributed by atoms with Gasteiger partial charge in [-0.15, -0.1) is 0 Å². The van der Waals surface area contributed by atoms with Gasteiger partial charge in [0.05, 0.1) is 17.7 Å². The number of hydrogen-bond donors (Lipinski definition) is 1. The Morgan fingerprint density at radius 3 is 2.25 bits per heavy atom. The number of halogens is 1. The lowest BCUT2D eigenvalue weighted by Gasteiger charge is -2.34. The van der Waals surface area contributed by atoms with Crippen LogP contribution in [0, 0.1) is 6.92 Å². The monoisotopic (exact) mass is 633 g/mol. The number of anilines is 1. The lowest BCUT2D eigenvalue weighted by molar-refractivity contribution is -0.140. The van der Waals surface area contributed by atoms with Crippen LogP contribution in [-0.2, 0) is 32.6 Å². The molecule has 0 spiro atoms. The third-order valence-electron chi connectivity index (χ3n) is 7.15. The highest BCUT2D eigenvalue weighted by Crippen LogP contribution is 2.28. The Morgan fingerprint density at radius 2 is 1.59 bits per heavy atom. The summed E-state index contributed by atoms with van der Waals surface area (Å²) < 4.78 is 34.7. The van der Waals surface area contributed by atoms with E-state index in [1.165, 1.54) is 24.1 Å². The molecule has 8 nitrogen and oxygen atoms in total. The summed E-state index contributed by atoms with van der Waals surface area (Å²) in [6, 6.07) is 28.4. The van der Waals surface area contributed by atoms with Gasteiger partial charge in [-0.25, -0.2) is 8.42 Å². The van der Waals surface area contributed by atoms with Crippen LogP contribution in [0.2, 0.25) is 5.02 Å². The normalized spacial score (nSPS) is 11.8. The van der Waals surface area contributed by atoms with Crippen molar-refractivity contribution in [3.8, 4) is 5.75 Å². The molecule has 0 bridgehead atoms. The van der Waals surface area contributed by atoms with Crippen molar-refractivity contribution in [2.45, 2.75) is 37.8 Å². The Bertz CT molecular complexity index is 1680. The van der Waals surface area contributed by atoms with Gasteiger partial charge in [-0.2, -0.15) is 0 Å². The summed E-state index contributed by atoms with van der Waals surface area (Å²) in [6.45, 7) is 3.44. The highest BCUT2D eigenvalue weighted by atomic mass is 35.5. The Morgan fingerprint density at radius 1 is 0.909 bits per heavy atom. The number of methoxy groups -OCH3 is 1. The number of ether oxygens (including phenoxy) is 1. The molecule has 0 radical (unpaired) electrons. The molecule has 4 aromatic carbocycles. The van der Waals surface area contributed by atoms with Crippen LogP contribution < -0.4 is 14.4 Å². The summed E-state index contributed by atoms with van der Waals surface area (Å²) in [4.78, 5) is 29.4. The minimum atomic E-state index is -4.22. The number of nitrogens with zero attached hydrogens (tertiary/aromatic N) is 2. The first-order valence-electron chi connectivity index (χ1n) is 14.2. The van der Waals surface area contributed by atoms with Crippen molar-refractivity contribution in [1.29, 1.82) is 0 Å². The van der Waals surface area contributed by atoms with Gasteiger partial charge in [0.25, 0.3) is 10.0 Å². The second kappa shape index (κ2) is 14.9. The van der Waals surface area contributed by atoms with E-state index in [4.69, 9.17) is 16.3 Å². The van der Waals surface area contributed by atoms with Crippen molar-refractivity contribution in [3.63, 3.8) is 0 Å². The Kier molecular flexibility index (Phi) is 11.0. The van der Waals surface area contributed by atoms with Crippen LogP contribution in [0.5, 0.6) is 5.75 Å². The van der Waals surface area contributed by atoms with Crippen LogP contribution in [0.25, 0.3) is 0 Å². The van der Waals surface area contributed by atoms with Crippen LogP contribution in [0.3, 0.4) is 0 Å². The molecule has 0 saturated heterocycles. The van der Waals surface area contributed by atoms with E-state index >= 15 is 0 Å². The number of hydrogen-bond acceptors (Lipinski definition) is 5. The van der Waals surface area contributed by atoms with Crippen LogP contribution in [0.15, 0.2) is 108 Å². The average molecular weight is 634 g/mol. The molecule has 230 valence electrons. The summed E-state index contributed by atoms with van der Waals surface area (Å²) in [6.07, 6.45) is 0.215. The summed E-state index contributed by atoms with van der Waals surface area (Å²) in [7, 11) is -2.74. The third kappa shape index (κ3) is 7.98. The van der Waals surface area contributed by atoms with E-state index in [1.807, 2.05) is 37.3 Å². The molecule has 0 aromatic heterocycles. The lowest BCUT2D eigenvalue weighted by atomic mass is 10.0. The summed E-state index contributed by atoms with van der Waals surface area (Å²) in [5.41, 5.74) is 2.61. The Labute approximate surface area is 264 Å². The number of amides is 2. The van der Waals surface area contributed by atoms with Gasteiger partial charge in [0.2, 0.25) is 11.8 Å². The SMILES string of the molecule is CCNC(=O)[C@@H](Cc1ccccc1)N(Cc1ccccc1Cl)C(=O)CN(c1cccc(OC)c1)S(=O)(=O)c1ccc(C)cc1. The number of aryl methyl sites for hydroxylation is 1. The molecule has 4 rings (SSSR count). The van der Waals surface area contributed by atoms with Gasteiger partial charge in [-0.3, -0.25) is 13.9 Å². The van der Waals surface area contributed by atoms with E-state index < -0.39 is 28.5 Å². The zero-order valence-electron chi connectivity index (χ0n) is 24.9. The predicted molar refractivity (Wildman–Crippen MR) is 173 cm³/mol. The third-order valence-corrected chi connectivity index (χ3v) is 9.31. The van der Waals surface area contributed by atoms with E-state index in [2.05, 4.69) is 5.32 Å². The van der Waals surface area contributed by atoms with Crippen LogP contribution >= 0.6 is 11.6 Å². The van der Waals surface area contributed by atoms with Gasteiger partial charge >= 0.3 is 0 Å².